The first-order valence-electron chi connectivity index (χ1n) is 9.09. The predicted molar refractivity (Wildman–Crippen MR) is 112 cm³/mol. The largest absolute Gasteiger partial charge is 0.412 e. The monoisotopic (exact) mass is 417 g/mol. The average molecular weight is 418 g/mol. The maximum Gasteiger partial charge on any atom is 0.412 e. The van der Waals surface area contributed by atoms with E-state index in [0.29, 0.717) is 28.8 Å². The van der Waals surface area contributed by atoms with Gasteiger partial charge in [-0.3, -0.25) is 0 Å². The highest BCUT2D eigenvalue weighted by molar-refractivity contribution is 6.30. The summed E-state index contributed by atoms with van der Waals surface area (Å²) in [4.78, 5) is 12.2. The summed E-state index contributed by atoms with van der Waals surface area (Å²) in [6.45, 7) is 2.52. The number of carbonyl (C=O) groups excluding carboxylic acids is 1. The van der Waals surface area contributed by atoms with Gasteiger partial charge in [0.05, 0.1) is 17.6 Å². The zero-order valence-corrected chi connectivity index (χ0v) is 17.0. The van der Waals surface area contributed by atoms with Gasteiger partial charge in [0.2, 0.25) is 0 Å². The molecule has 1 aromatic heterocycles. The van der Waals surface area contributed by atoms with Crippen molar-refractivity contribution in [3.05, 3.63) is 76.0 Å². The fourth-order valence-electron chi connectivity index (χ4n) is 2.85. The van der Waals surface area contributed by atoms with E-state index in [-0.39, 0.29) is 0 Å². The minimum atomic E-state index is -0.505. The number of rotatable bonds is 7. The second kappa shape index (κ2) is 9.62. The molecule has 1 heterocycles. The third-order valence-corrected chi connectivity index (χ3v) is 4.65. The summed E-state index contributed by atoms with van der Waals surface area (Å²) < 4.78 is 7.27. The fraction of sp³-hybridized carbons (Fsp3) is 0.238. The van der Waals surface area contributed by atoms with Gasteiger partial charge in [-0.05, 0) is 54.8 Å². The molecule has 3 rings (SSSR count). The van der Waals surface area contributed by atoms with Crippen LogP contribution in [0.1, 0.15) is 24.6 Å². The molecule has 5 nitrogen and oxygen atoms in total. The number of benzene rings is 2. The molecule has 0 aliphatic carbocycles. The highest BCUT2D eigenvalue weighted by Crippen LogP contribution is 2.24. The maximum atomic E-state index is 12.2. The normalized spacial score (nSPS) is 10.7. The number of carbonyl (C=O) groups is 1. The lowest BCUT2D eigenvalue weighted by Crippen LogP contribution is -2.29. The predicted octanol–water partition coefficient (Wildman–Crippen LogP) is 5.46. The first kappa shape index (κ1) is 20.2. The molecule has 0 spiro atoms. The number of hydrogen-bond donors (Lipinski definition) is 1. The van der Waals surface area contributed by atoms with Gasteiger partial charge < -0.3 is 10.1 Å². The lowest BCUT2D eigenvalue weighted by Gasteiger charge is -2.10. The van der Waals surface area contributed by atoms with Gasteiger partial charge in [-0.1, -0.05) is 48.7 Å². The summed E-state index contributed by atoms with van der Waals surface area (Å²) in [7, 11) is 0. The Hall–Kier alpha value is -2.50. The van der Waals surface area contributed by atoms with Crippen LogP contribution in [0.25, 0.3) is 5.69 Å². The summed E-state index contributed by atoms with van der Waals surface area (Å²) in [5.41, 5.74) is 2.76. The Bertz CT molecular complexity index is 939. The summed E-state index contributed by atoms with van der Waals surface area (Å²) in [6, 6.07) is 14.9. The van der Waals surface area contributed by atoms with E-state index in [1.165, 1.54) is 0 Å². The van der Waals surface area contributed by atoms with Crippen LogP contribution in [0, 0.1) is 0 Å². The molecule has 0 saturated carbocycles. The Balaban J connectivity index is 1.64. The highest BCUT2D eigenvalue weighted by atomic mass is 35.5. The molecule has 0 aliphatic heterocycles. The second-order valence-corrected chi connectivity index (χ2v) is 7.16. The Morgan fingerprint density at radius 2 is 1.89 bits per heavy atom. The standard InChI is InChI=1S/C21H21Cl2N3O2/c1-2-4-19-20(14-25-26(19)18-9-7-16(22)8-10-18)28-21(27)24-12-11-15-5-3-6-17(23)13-15/h3,5-10,13-14H,2,4,11-12H2,1H3,(H,24,27). The molecule has 0 aliphatic rings. The van der Waals surface area contributed by atoms with Crippen LogP contribution in [0.2, 0.25) is 10.0 Å². The summed E-state index contributed by atoms with van der Waals surface area (Å²) >= 11 is 11.9. The van der Waals surface area contributed by atoms with E-state index in [9.17, 15) is 4.79 Å². The van der Waals surface area contributed by atoms with Crippen molar-refractivity contribution >= 4 is 29.3 Å². The lowest BCUT2D eigenvalue weighted by atomic mass is 10.1. The molecule has 0 atom stereocenters. The van der Waals surface area contributed by atoms with Gasteiger partial charge >= 0.3 is 6.09 Å². The summed E-state index contributed by atoms with van der Waals surface area (Å²) in [5.74, 6) is 0.456. The second-order valence-electron chi connectivity index (χ2n) is 6.29. The van der Waals surface area contributed by atoms with Crippen LogP contribution in [0.15, 0.2) is 54.7 Å². The van der Waals surface area contributed by atoms with Gasteiger partial charge in [0.25, 0.3) is 0 Å². The highest BCUT2D eigenvalue weighted by Gasteiger charge is 2.16. The molecular weight excluding hydrogens is 397 g/mol. The van der Waals surface area contributed by atoms with Crippen LogP contribution in [0.5, 0.6) is 5.75 Å². The molecule has 146 valence electrons. The van der Waals surface area contributed by atoms with Crippen LogP contribution < -0.4 is 10.1 Å². The van der Waals surface area contributed by atoms with Gasteiger partial charge in [0.1, 0.15) is 0 Å². The van der Waals surface area contributed by atoms with Gasteiger partial charge in [-0.2, -0.15) is 5.10 Å². The SMILES string of the molecule is CCCc1c(OC(=O)NCCc2cccc(Cl)c2)cnn1-c1ccc(Cl)cc1. The van der Waals surface area contributed by atoms with Crippen molar-refractivity contribution < 1.29 is 9.53 Å². The molecule has 0 bridgehead atoms. The average Bonchev–Trinajstić information content (AvgIpc) is 3.05. The first-order valence-corrected chi connectivity index (χ1v) is 9.85. The maximum absolute atomic E-state index is 12.2. The zero-order chi connectivity index (χ0) is 19.9. The number of nitrogens with zero attached hydrogens (tertiary/aromatic N) is 2. The lowest BCUT2D eigenvalue weighted by molar-refractivity contribution is 0.200. The van der Waals surface area contributed by atoms with Crippen molar-refractivity contribution in [3.8, 4) is 11.4 Å². The Kier molecular flexibility index (Phi) is 6.95. The number of ether oxygens (including phenoxy) is 1. The van der Waals surface area contributed by atoms with E-state index in [2.05, 4.69) is 17.3 Å². The quantitative estimate of drug-likeness (QED) is 0.554. The van der Waals surface area contributed by atoms with Crippen LogP contribution in [-0.2, 0) is 12.8 Å². The molecule has 7 heteroatoms. The summed E-state index contributed by atoms with van der Waals surface area (Å²) in [5, 5.41) is 8.48. The van der Waals surface area contributed by atoms with Gasteiger partial charge in [0, 0.05) is 16.6 Å². The smallest absolute Gasteiger partial charge is 0.407 e. The van der Waals surface area contributed by atoms with Gasteiger partial charge in [0.15, 0.2) is 5.75 Å². The van der Waals surface area contributed by atoms with Crippen molar-refractivity contribution in [2.45, 2.75) is 26.2 Å². The molecule has 1 N–H and O–H groups in total. The Morgan fingerprint density at radius 1 is 1.11 bits per heavy atom. The Labute approximate surface area is 174 Å². The molecule has 1 amide bonds. The first-order chi connectivity index (χ1) is 13.6. The van der Waals surface area contributed by atoms with Crippen molar-refractivity contribution in [3.63, 3.8) is 0 Å². The molecule has 28 heavy (non-hydrogen) atoms. The van der Waals surface area contributed by atoms with Crippen molar-refractivity contribution in [2.75, 3.05) is 6.54 Å². The number of amides is 1. The van der Waals surface area contributed by atoms with Crippen molar-refractivity contribution in [2.24, 2.45) is 0 Å². The topological polar surface area (TPSA) is 56.1 Å². The van der Waals surface area contributed by atoms with Crippen molar-refractivity contribution in [1.29, 1.82) is 0 Å². The molecule has 0 unspecified atom stereocenters. The van der Waals surface area contributed by atoms with Gasteiger partial charge in [-0.25, -0.2) is 9.48 Å². The van der Waals surface area contributed by atoms with E-state index in [1.54, 1.807) is 23.0 Å². The molecular formula is C21H21Cl2N3O2. The van der Waals surface area contributed by atoms with E-state index in [0.717, 1.165) is 29.8 Å². The van der Waals surface area contributed by atoms with Crippen LogP contribution >= 0.6 is 23.2 Å². The summed E-state index contributed by atoms with van der Waals surface area (Å²) in [6.07, 6.45) is 3.35. The fourth-order valence-corrected chi connectivity index (χ4v) is 3.19. The minimum absolute atomic E-state index is 0.452. The molecule has 0 saturated heterocycles. The molecule has 0 radical (unpaired) electrons. The van der Waals surface area contributed by atoms with E-state index in [4.69, 9.17) is 27.9 Å². The number of hydrogen-bond acceptors (Lipinski definition) is 3. The van der Waals surface area contributed by atoms with Crippen molar-refractivity contribution in [1.82, 2.24) is 15.1 Å². The van der Waals surface area contributed by atoms with E-state index < -0.39 is 6.09 Å². The molecule has 3 aromatic rings. The minimum Gasteiger partial charge on any atom is -0.407 e. The number of nitrogens with one attached hydrogen (secondary N) is 1. The number of aromatic nitrogens is 2. The third-order valence-electron chi connectivity index (χ3n) is 4.16. The third kappa shape index (κ3) is 5.27. The van der Waals surface area contributed by atoms with E-state index in [1.807, 2.05) is 36.4 Å². The van der Waals surface area contributed by atoms with E-state index >= 15 is 0 Å². The number of halogens is 2. The van der Waals surface area contributed by atoms with Gasteiger partial charge in [-0.15, -0.1) is 0 Å². The molecule has 2 aromatic carbocycles. The Morgan fingerprint density at radius 3 is 2.61 bits per heavy atom. The molecule has 0 fully saturated rings. The zero-order valence-electron chi connectivity index (χ0n) is 15.5. The van der Waals surface area contributed by atoms with Crippen LogP contribution in [-0.4, -0.2) is 22.4 Å². The van der Waals surface area contributed by atoms with Crippen LogP contribution in [0.3, 0.4) is 0 Å². The van der Waals surface area contributed by atoms with Crippen LogP contribution in [0.4, 0.5) is 4.79 Å².